The van der Waals surface area contributed by atoms with Crippen LogP contribution in [0.15, 0.2) is 57.8 Å². The van der Waals surface area contributed by atoms with Crippen molar-refractivity contribution in [2.24, 2.45) is 0 Å². The number of anilines is 1. The van der Waals surface area contributed by atoms with Crippen LogP contribution in [-0.4, -0.2) is 29.8 Å². The third kappa shape index (κ3) is 4.42. The van der Waals surface area contributed by atoms with Crippen LogP contribution in [0.1, 0.15) is 19.4 Å². The van der Waals surface area contributed by atoms with Crippen molar-refractivity contribution in [1.82, 2.24) is 10.2 Å². The lowest BCUT2D eigenvalue weighted by Gasteiger charge is -2.07. The second-order valence-corrected chi connectivity index (χ2v) is 8.89. The summed E-state index contributed by atoms with van der Waals surface area (Å²) in [5.41, 5.74) is 1.16. The molecule has 1 amide bonds. The van der Waals surface area contributed by atoms with Crippen molar-refractivity contribution < 1.29 is 22.0 Å². The number of benzene rings is 2. The molecule has 0 aliphatic rings. The predicted octanol–water partition coefficient (Wildman–Crippen LogP) is 3.24. The van der Waals surface area contributed by atoms with Crippen molar-refractivity contribution in [3.8, 4) is 11.5 Å². The maximum Gasteiger partial charge on any atom is 0.322 e. The van der Waals surface area contributed by atoms with Crippen molar-refractivity contribution in [3.63, 3.8) is 0 Å². The van der Waals surface area contributed by atoms with E-state index in [4.69, 9.17) is 4.42 Å². The number of sulfone groups is 1. The molecule has 0 spiro atoms. The minimum absolute atomic E-state index is 0.0275. The molecule has 2 aromatic carbocycles. The Kier molecular flexibility index (Phi) is 5.55. The zero-order chi connectivity index (χ0) is 20.3. The molecule has 1 heterocycles. The molecule has 0 fully saturated rings. The van der Waals surface area contributed by atoms with Gasteiger partial charge < -0.3 is 4.42 Å². The minimum Gasteiger partial charge on any atom is -0.403 e. The lowest BCUT2D eigenvalue weighted by molar-refractivity contribution is -0.115. The Bertz CT molecular complexity index is 1080. The second-order valence-electron chi connectivity index (χ2n) is 6.38. The lowest BCUT2D eigenvalue weighted by atomic mass is 10.1. The first-order valence-corrected chi connectivity index (χ1v) is 10.0. The van der Waals surface area contributed by atoms with Gasteiger partial charge in [0, 0.05) is 5.56 Å². The summed E-state index contributed by atoms with van der Waals surface area (Å²) in [5.74, 6) is -0.622. The average molecular weight is 403 g/mol. The number of nitrogens with zero attached hydrogens (tertiary/aromatic N) is 2. The number of rotatable bonds is 6. The fourth-order valence-electron chi connectivity index (χ4n) is 2.40. The monoisotopic (exact) mass is 403 g/mol. The Morgan fingerprint density at radius 1 is 1.07 bits per heavy atom. The number of hydrogen-bond acceptors (Lipinski definition) is 6. The smallest absolute Gasteiger partial charge is 0.322 e. The van der Waals surface area contributed by atoms with Crippen LogP contribution < -0.4 is 5.32 Å². The van der Waals surface area contributed by atoms with E-state index in [1.807, 2.05) is 0 Å². The summed E-state index contributed by atoms with van der Waals surface area (Å²) >= 11 is 0. The van der Waals surface area contributed by atoms with E-state index in [0.717, 1.165) is 0 Å². The molecule has 0 radical (unpaired) electrons. The fourth-order valence-corrected chi connectivity index (χ4v) is 3.46. The molecule has 3 aromatic rings. The number of carbonyl (C=O) groups is 1. The highest BCUT2D eigenvalue weighted by Crippen LogP contribution is 2.23. The first-order valence-electron chi connectivity index (χ1n) is 8.48. The summed E-state index contributed by atoms with van der Waals surface area (Å²) in [6, 6.07) is 11.6. The first-order chi connectivity index (χ1) is 13.3. The molecule has 146 valence electrons. The van der Waals surface area contributed by atoms with Gasteiger partial charge in [-0.3, -0.25) is 10.1 Å². The van der Waals surface area contributed by atoms with E-state index in [9.17, 15) is 17.6 Å². The van der Waals surface area contributed by atoms with Crippen molar-refractivity contribution in [1.29, 1.82) is 0 Å². The van der Waals surface area contributed by atoms with Crippen molar-refractivity contribution in [2.75, 3.05) is 5.32 Å². The maximum absolute atomic E-state index is 12.9. The van der Waals surface area contributed by atoms with Crippen LogP contribution in [0.3, 0.4) is 0 Å². The number of hydrogen-bond donors (Lipinski definition) is 1. The van der Waals surface area contributed by atoms with Crippen LogP contribution in [0.5, 0.6) is 0 Å². The Labute approximate surface area is 161 Å². The van der Waals surface area contributed by atoms with Crippen LogP contribution in [0.2, 0.25) is 0 Å². The maximum atomic E-state index is 12.9. The molecule has 3 rings (SSSR count). The minimum atomic E-state index is -3.37. The fraction of sp³-hybridized carbons (Fsp3) is 0.211. The third-order valence-electron chi connectivity index (χ3n) is 4.00. The van der Waals surface area contributed by atoms with Crippen molar-refractivity contribution in [3.05, 3.63) is 59.9 Å². The zero-order valence-electron chi connectivity index (χ0n) is 15.2. The number of carbonyl (C=O) groups excluding carboxylic acids is 1. The summed E-state index contributed by atoms with van der Waals surface area (Å²) in [4.78, 5) is 12.2. The summed E-state index contributed by atoms with van der Waals surface area (Å²) in [5, 5.41) is 9.57. The standard InChI is InChI=1S/C19H18FN3O4S/c1-12(2)28(25,26)16-9-5-14(6-10-16)18-22-23-19(27-18)21-17(24)11-13-3-7-15(20)8-4-13/h3-10,12H,11H2,1-2H3,(H,21,23,24). The van der Waals surface area contributed by atoms with Gasteiger partial charge in [-0.15, -0.1) is 5.10 Å². The van der Waals surface area contributed by atoms with E-state index in [2.05, 4.69) is 15.5 Å². The lowest BCUT2D eigenvalue weighted by Crippen LogP contribution is -2.14. The number of amides is 1. The topological polar surface area (TPSA) is 102 Å². The summed E-state index contributed by atoms with van der Waals surface area (Å²) in [7, 11) is -3.37. The number of nitrogens with one attached hydrogen (secondary N) is 1. The Balaban J connectivity index is 1.68. The quantitative estimate of drug-likeness (QED) is 0.678. The predicted molar refractivity (Wildman–Crippen MR) is 101 cm³/mol. The van der Waals surface area contributed by atoms with Crippen LogP contribution in [0.4, 0.5) is 10.4 Å². The molecule has 0 unspecified atom stereocenters. The van der Waals surface area contributed by atoms with Crippen LogP contribution in [-0.2, 0) is 21.1 Å². The largest absolute Gasteiger partial charge is 0.403 e. The molecule has 0 atom stereocenters. The highest BCUT2D eigenvalue weighted by Gasteiger charge is 2.19. The van der Waals surface area contributed by atoms with E-state index >= 15 is 0 Å². The zero-order valence-corrected chi connectivity index (χ0v) is 16.0. The Morgan fingerprint density at radius 3 is 2.32 bits per heavy atom. The molecule has 0 aliphatic carbocycles. The number of halogens is 1. The van der Waals surface area contributed by atoms with Gasteiger partial charge in [0.1, 0.15) is 5.82 Å². The highest BCUT2D eigenvalue weighted by molar-refractivity contribution is 7.92. The van der Waals surface area contributed by atoms with Gasteiger partial charge in [-0.25, -0.2) is 12.8 Å². The van der Waals surface area contributed by atoms with Gasteiger partial charge in [0.15, 0.2) is 9.84 Å². The SMILES string of the molecule is CC(C)S(=O)(=O)c1ccc(-c2nnc(NC(=O)Cc3ccc(F)cc3)o2)cc1. The average Bonchev–Trinajstić information content (AvgIpc) is 3.12. The molecule has 0 saturated carbocycles. The molecule has 28 heavy (non-hydrogen) atoms. The van der Waals surface area contributed by atoms with E-state index in [-0.39, 0.29) is 34.9 Å². The van der Waals surface area contributed by atoms with Gasteiger partial charge in [0.25, 0.3) is 0 Å². The van der Waals surface area contributed by atoms with E-state index in [1.54, 1.807) is 26.0 Å². The summed E-state index contributed by atoms with van der Waals surface area (Å²) < 4.78 is 42.6. The normalized spacial score (nSPS) is 11.6. The number of aromatic nitrogens is 2. The summed E-state index contributed by atoms with van der Waals surface area (Å²) in [6.45, 7) is 3.23. The summed E-state index contributed by atoms with van der Waals surface area (Å²) in [6.07, 6.45) is 0.0275. The van der Waals surface area contributed by atoms with Crippen molar-refractivity contribution in [2.45, 2.75) is 30.4 Å². The third-order valence-corrected chi connectivity index (χ3v) is 6.17. The van der Waals surface area contributed by atoms with Gasteiger partial charge in [-0.05, 0) is 55.8 Å². The second kappa shape index (κ2) is 7.89. The van der Waals surface area contributed by atoms with Gasteiger partial charge >= 0.3 is 6.01 Å². The van der Waals surface area contributed by atoms with Gasteiger partial charge in [0.2, 0.25) is 11.8 Å². The molecule has 1 N–H and O–H groups in total. The highest BCUT2D eigenvalue weighted by atomic mass is 32.2. The Morgan fingerprint density at radius 2 is 1.71 bits per heavy atom. The molecule has 7 nitrogen and oxygen atoms in total. The van der Waals surface area contributed by atoms with Crippen LogP contribution in [0, 0.1) is 5.82 Å². The van der Waals surface area contributed by atoms with Gasteiger partial charge in [-0.2, -0.15) is 0 Å². The molecule has 0 bridgehead atoms. The molecule has 0 saturated heterocycles. The van der Waals surface area contributed by atoms with E-state index in [1.165, 1.54) is 36.4 Å². The molecular formula is C19H18FN3O4S. The van der Waals surface area contributed by atoms with E-state index < -0.39 is 15.1 Å². The van der Waals surface area contributed by atoms with Gasteiger partial charge in [-0.1, -0.05) is 17.2 Å². The van der Waals surface area contributed by atoms with Crippen LogP contribution >= 0.6 is 0 Å². The van der Waals surface area contributed by atoms with Gasteiger partial charge in [0.05, 0.1) is 16.6 Å². The van der Waals surface area contributed by atoms with Crippen molar-refractivity contribution >= 4 is 21.8 Å². The van der Waals surface area contributed by atoms with E-state index in [0.29, 0.717) is 11.1 Å². The molecule has 0 aliphatic heterocycles. The van der Waals surface area contributed by atoms with Crippen LogP contribution in [0.25, 0.3) is 11.5 Å². The molecule has 1 aromatic heterocycles. The molecule has 9 heteroatoms. The molecular weight excluding hydrogens is 385 g/mol. The first kappa shape index (κ1) is 19.7. The Hall–Kier alpha value is -3.07.